The number of amides is 1. The molecule has 4 heteroatoms. The Hall–Kier alpha value is -1.55. The molecule has 1 aliphatic carbocycles. The van der Waals surface area contributed by atoms with Crippen molar-refractivity contribution in [3.8, 4) is 0 Å². The molecule has 0 spiro atoms. The maximum Gasteiger partial charge on any atom is 0.241 e. The van der Waals surface area contributed by atoms with E-state index in [1.807, 2.05) is 43.3 Å². The predicted octanol–water partition coefficient (Wildman–Crippen LogP) is 2.61. The summed E-state index contributed by atoms with van der Waals surface area (Å²) in [7, 11) is 3.99. The van der Waals surface area contributed by atoms with Crippen molar-refractivity contribution in [2.24, 2.45) is 5.92 Å². The molecule has 3 atom stereocenters. The van der Waals surface area contributed by atoms with Crippen LogP contribution in [0.3, 0.4) is 0 Å². The van der Waals surface area contributed by atoms with Gasteiger partial charge in [-0.25, -0.2) is 0 Å². The number of carbonyl (C=O) groups excluding carboxylic acids is 1. The van der Waals surface area contributed by atoms with Crippen molar-refractivity contribution in [2.45, 2.75) is 44.2 Å². The maximum absolute atomic E-state index is 12.5. The van der Waals surface area contributed by atoms with Gasteiger partial charge in [0.15, 0.2) is 0 Å². The molecule has 2 fully saturated rings. The van der Waals surface area contributed by atoms with E-state index in [4.69, 9.17) is 0 Å². The van der Waals surface area contributed by atoms with Crippen molar-refractivity contribution in [2.75, 3.05) is 24.3 Å². The molecule has 0 bridgehead atoms. The van der Waals surface area contributed by atoms with Crippen molar-refractivity contribution < 1.29 is 4.79 Å². The van der Waals surface area contributed by atoms with Gasteiger partial charge in [-0.3, -0.25) is 4.79 Å². The number of nitrogens with zero attached hydrogens (tertiary/aromatic N) is 1. The molecule has 4 nitrogen and oxygen atoms in total. The molecular formula is C17H25N3O. The quantitative estimate of drug-likeness (QED) is 0.898. The zero-order chi connectivity index (χ0) is 14.8. The summed E-state index contributed by atoms with van der Waals surface area (Å²) in [5.74, 6) is 0.803. The van der Waals surface area contributed by atoms with Gasteiger partial charge in [-0.05, 0) is 37.3 Å². The molecule has 3 unspecified atom stereocenters. The Morgan fingerprint density at radius 1 is 1.24 bits per heavy atom. The monoisotopic (exact) mass is 287 g/mol. The van der Waals surface area contributed by atoms with Crippen LogP contribution in [0, 0.1) is 5.92 Å². The van der Waals surface area contributed by atoms with E-state index in [0.717, 1.165) is 17.8 Å². The Kier molecular flexibility index (Phi) is 4.15. The van der Waals surface area contributed by atoms with Gasteiger partial charge in [0.05, 0.1) is 17.4 Å². The Balaban J connectivity index is 1.67. The smallest absolute Gasteiger partial charge is 0.241 e. The van der Waals surface area contributed by atoms with E-state index in [9.17, 15) is 4.79 Å². The van der Waals surface area contributed by atoms with Gasteiger partial charge in [0.1, 0.15) is 0 Å². The van der Waals surface area contributed by atoms with Gasteiger partial charge in [-0.15, -0.1) is 0 Å². The Bertz CT molecular complexity index is 501. The van der Waals surface area contributed by atoms with Gasteiger partial charge in [0.25, 0.3) is 0 Å². The fourth-order valence-corrected chi connectivity index (χ4v) is 3.71. The summed E-state index contributed by atoms with van der Waals surface area (Å²) in [6, 6.07) is 8.47. The fraction of sp³-hybridized carbons (Fsp3) is 0.588. The van der Waals surface area contributed by atoms with Crippen LogP contribution in [-0.4, -0.2) is 32.1 Å². The third-order valence-electron chi connectivity index (χ3n) is 4.82. The van der Waals surface area contributed by atoms with Crippen molar-refractivity contribution in [1.29, 1.82) is 0 Å². The van der Waals surface area contributed by atoms with Gasteiger partial charge < -0.3 is 15.5 Å². The minimum Gasteiger partial charge on any atom is -0.376 e. The lowest BCUT2D eigenvalue weighted by molar-refractivity contribution is -0.117. The first kappa shape index (κ1) is 14.4. The van der Waals surface area contributed by atoms with Crippen LogP contribution in [0.15, 0.2) is 24.3 Å². The lowest BCUT2D eigenvalue weighted by Gasteiger charge is -2.24. The molecule has 2 aliphatic rings. The van der Waals surface area contributed by atoms with E-state index in [0.29, 0.717) is 12.0 Å². The van der Waals surface area contributed by atoms with Crippen LogP contribution in [0.2, 0.25) is 0 Å². The Morgan fingerprint density at radius 3 is 2.76 bits per heavy atom. The number of nitrogens with one attached hydrogen (secondary N) is 2. The third-order valence-corrected chi connectivity index (χ3v) is 4.82. The number of fused-ring (bicyclic) bond motifs is 1. The van der Waals surface area contributed by atoms with E-state index >= 15 is 0 Å². The molecule has 1 aliphatic heterocycles. The number of rotatable bonds is 3. The first-order valence-electron chi connectivity index (χ1n) is 7.98. The lowest BCUT2D eigenvalue weighted by Crippen LogP contribution is -2.40. The molecule has 0 aromatic heterocycles. The maximum atomic E-state index is 12.5. The number of benzene rings is 1. The van der Waals surface area contributed by atoms with Crippen LogP contribution < -0.4 is 15.5 Å². The number of hydrogen-bond donors (Lipinski definition) is 2. The molecule has 1 heterocycles. The highest BCUT2D eigenvalue weighted by atomic mass is 16.2. The van der Waals surface area contributed by atoms with Gasteiger partial charge in [-0.2, -0.15) is 0 Å². The average Bonchev–Trinajstić information content (AvgIpc) is 2.91. The summed E-state index contributed by atoms with van der Waals surface area (Å²) in [5.41, 5.74) is 1.94. The number of para-hydroxylation sites is 2. The molecule has 1 amide bonds. The average molecular weight is 287 g/mol. The Labute approximate surface area is 126 Å². The SMILES string of the molecule is CN(C)c1ccccc1NC(=O)C1CC2CCCCC2N1. The highest BCUT2D eigenvalue weighted by molar-refractivity contribution is 5.97. The van der Waals surface area contributed by atoms with Crippen molar-refractivity contribution in [1.82, 2.24) is 5.32 Å². The summed E-state index contributed by atoms with van der Waals surface area (Å²) >= 11 is 0. The molecule has 1 saturated carbocycles. The van der Waals surface area contributed by atoms with E-state index < -0.39 is 0 Å². The number of hydrogen-bond acceptors (Lipinski definition) is 3. The summed E-state index contributed by atoms with van der Waals surface area (Å²) in [4.78, 5) is 14.6. The van der Waals surface area contributed by atoms with E-state index in [1.165, 1.54) is 25.7 Å². The van der Waals surface area contributed by atoms with Gasteiger partial charge >= 0.3 is 0 Å². The van der Waals surface area contributed by atoms with Crippen LogP contribution in [0.4, 0.5) is 11.4 Å². The summed E-state index contributed by atoms with van der Waals surface area (Å²) < 4.78 is 0. The summed E-state index contributed by atoms with van der Waals surface area (Å²) in [6.45, 7) is 0. The van der Waals surface area contributed by atoms with Crippen LogP contribution >= 0.6 is 0 Å². The second-order valence-electron chi connectivity index (χ2n) is 6.51. The zero-order valence-electron chi connectivity index (χ0n) is 12.9. The van der Waals surface area contributed by atoms with Gasteiger partial charge in [-0.1, -0.05) is 25.0 Å². The normalized spacial score (nSPS) is 28.0. The van der Waals surface area contributed by atoms with Crippen LogP contribution in [-0.2, 0) is 4.79 Å². The topological polar surface area (TPSA) is 44.4 Å². The predicted molar refractivity (Wildman–Crippen MR) is 86.7 cm³/mol. The standard InChI is InChI=1S/C17H25N3O/c1-20(2)16-10-6-5-9-14(16)19-17(21)15-11-12-7-3-4-8-13(12)18-15/h5-6,9-10,12-13,15,18H,3-4,7-8,11H2,1-2H3,(H,19,21). The van der Waals surface area contributed by atoms with E-state index in [2.05, 4.69) is 10.6 Å². The molecule has 1 aromatic carbocycles. The molecular weight excluding hydrogens is 262 g/mol. The zero-order valence-corrected chi connectivity index (χ0v) is 12.9. The lowest BCUT2D eigenvalue weighted by atomic mass is 9.85. The fourth-order valence-electron chi connectivity index (χ4n) is 3.71. The second-order valence-corrected chi connectivity index (χ2v) is 6.51. The van der Waals surface area contributed by atoms with Crippen molar-refractivity contribution in [3.63, 3.8) is 0 Å². The molecule has 1 saturated heterocycles. The molecule has 1 aromatic rings. The molecule has 21 heavy (non-hydrogen) atoms. The first-order chi connectivity index (χ1) is 10.1. The highest BCUT2D eigenvalue weighted by Crippen LogP contribution is 2.34. The van der Waals surface area contributed by atoms with Crippen molar-refractivity contribution in [3.05, 3.63) is 24.3 Å². The second kappa shape index (κ2) is 6.06. The van der Waals surface area contributed by atoms with Gasteiger partial charge in [0.2, 0.25) is 5.91 Å². The minimum absolute atomic E-state index is 0.0340. The van der Waals surface area contributed by atoms with E-state index in [1.54, 1.807) is 0 Å². The molecule has 114 valence electrons. The largest absolute Gasteiger partial charge is 0.376 e. The van der Waals surface area contributed by atoms with E-state index in [-0.39, 0.29) is 11.9 Å². The minimum atomic E-state index is -0.0340. The van der Waals surface area contributed by atoms with Crippen LogP contribution in [0.5, 0.6) is 0 Å². The Morgan fingerprint density at radius 2 is 2.00 bits per heavy atom. The molecule has 0 radical (unpaired) electrons. The van der Waals surface area contributed by atoms with Crippen LogP contribution in [0.1, 0.15) is 32.1 Å². The number of anilines is 2. The first-order valence-corrected chi connectivity index (χ1v) is 7.98. The van der Waals surface area contributed by atoms with Crippen molar-refractivity contribution >= 4 is 17.3 Å². The molecule has 3 rings (SSSR count). The molecule has 2 N–H and O–H groups in total. The van der Waals surface area contributed by atoms with Gasteiger partial charge in [0, 0.05) is 20.1 Å². The number of carbonyl (C=O) groups is 1. The highest BCUT2D eigenvalue weighted by Gasteiger charge is 2.38. The summed E-state index contributed by atoms with van der Waals surface area (Å²) in [6.07, 6.45) is 6.10. The van der Waals surface area contributed by atoms with Crippen LogP contribution in [0.25, 0.3) is 0 Å². The summed E-state index contributed by atoms with van der Waals surface area (Å²) in [5, 5.41) is 6.64. The third kappa shape index (κ3) is 3.05.